The summed E-state index contributed by atoms with van der Waals surface area (Å²) in [7, 11) is -7.67. The van der Waals surface area contributed by atoms with Crippen molar-refractivity contribution in [3.8, 4) is 23.0 Å². The number of hydrogen-bond acceptors (Lipinski definition) is 17. The Hall–Kier alpha value is -8.54. The Labute approximate surface area is 825 Å². The lowest BCUT2D eigenvalue weighted by molar-refractivity contribution is -0.204. The maximum atomic E-state index is 13.4. The van der Waals surface area contributed by atoms with Gasteiger partial charge in [-0.15, -0.1) is 0 Å². The van der Waals surface area contributed by atoms with E-state index in [0.717, 1.165) is 108 Å². The van der Waals surface area contributed by atoms with Gasteiger partial charge < -0.3 is 47.9 Å². The molecule has 18 nitrogen and oxygen atoms in total. The predicted octanol–water partition coefficient (Wildman–Crippen LogP) is 27.4. The van der Waals surface area contributed by atoms with Crippen LogP contribution in [0.3, 0.4) is 0 Å². The Balaban J connectivity index is 0.000000201. The molecule has 2 N–H and O–H groups in total. The summed E-state index contributed by atoms with van der Waals surface area (Å²) in [5, 5.41) is 18.0. The van der Waals surface area contributed by atoms with E-state index < -0.39 is 77.0 Å². The molecule has 0 aromatic heterocycles. The number of carbonyl (C=O) groups excluding carboxylic acids is 3. The lowest BCUT2D eigenvalue weighted by atomic mass is 9.49. The monoisotopic (exact) mass is 1990 g/mol. The largest absolute Gasteiger partial charge is 0.742 e. The number of rotatable bonds is 32. The zero-order chi connectivity index (χ0) is 101. The number of carbonyl (C=O) groups is 3. The second-order valence-corrected chi connectivity index (χ2v) is 47.3. The van der Waals surface area contributed by atoms with Crippen LogP contribution in [0, 0.1) is 75.6 Å². The van der Waals surface area contributed by atoms with Gasteiger partial charge >= 0.3 is 22.5 Å². The number of aromatic hydroxyl groups is 2. The number of ether oxygens (including phenoxy) is 7. The van der Waals surface area contributed by atoms with Crippen LogP contribution in [0.4, 0.5) is 22.0 Å². The van der Waals surface area contributed by atoms with Gasteiger partial charge in [0, 0.05) is 44.7 Å². The molecule has 7 fully saturated rings. The number of alkyl halides is 2. The number of piperidine rings is 1. The van der Waals surface area contributed by atoms with Crippen molar-refractivity contribution in [3.05, 3.63) is 228 Å². The van der Waals surface area contributed by atoms with Crippen molar-refractivity contribution in [2.75, 3.05) is 41.0 Å². The maximum absolute atomic E-state index is 13.4. The molecule has 1 heterocycles. The van der Waals surface area contributed by atoms with Gasteiger partial charge in [-0.1, -0.05) is 148 Å². The first-order valence-electron chi connectivity index (χ1n) is 49.2. The summed E-state index contributed by atoms with van der Waals surface area (Å²) in [5.74, 6) is 5.95. The third kappa shape index (κ3) is 34.1. The highest BCUT2D eigenvalue weighted by Crippen LogP contribution is 2.62. The van der Waals surface area contributed by atoms with Gasteiger partial charge in [0.25, 0.3) is 10.0 Å². The first-order valence-corrected chi connectivity index (χ1v) is 54.4. The van der Waals surface area contributed by atoms with E-state index in [1.807, 2.05) is 90.1 Å². The number of halogens is 5. The van der Waals surface area contributed by atoms with Gasteiger partial charge in [0.15, 0.2) is 39.5 Å². The summed E-state index contributed by atoms with van der Waals surface area (Å²) in [5.41, 5.74) is 2.67. The van der Waals surface area contributed by atoms with Crippen LogP contribution in [0.2, 0.25) is 0 Å². The molecule has 138 heavy (non-hydrogen) atoms. The van der Waals surface area contributed by atoms with Gasteiger partial charge in [-0.25, -0.2) is 30.0 Å². The van der Waals surface area contributed by atoms with Gasteiger partial charge in [0.1, 0.15) is 46.6 Å². The Morgan fingerprint density at radius 2 is 0.870 bits per heavy atom. The van der Waals surface area contributed by atoms with Crippen LogP contribution in [0.1, 0.15) is 279 Å². The average molecular weight is 1990 g/mol. The van der Waals surface area contributed by atoms with Crippen LogP contribution in [-0.4, -0.2) is 118 Å². The number of esters is 3. The molecule has 1 aliphatic heterocycles. The minimum atomic E-state index is -6.36. The molecule has 8 aromatic rings. The van der Waals surface area contributed by atoms with Crippen molar-refractivity contribution < 1.29 is 101 Å². The standard InChI is InChI=1S/C21H38O3.C21H21O2S.C19H32O3.C18H12F3S.C12H21F2NO7S2.2C10H14O/c1-4-21(2,3)20(22)24-19(18-13-9-6-10-14-18)23-16-15-17-11-7-5-8-12-17;1-16-7-4-10-19(13-16)24(20-11-5-8-17(14-20)22-2)21-12-6-9-18(15-21)23-3;1-5-18(2,3)17(20)22-16(21-4)12-19-9-13-6-14(10-19)8-15(7-13)11-19;19-13-1-7-16(8-2-13)22(17-9-3-14(20)4-10-17)18-11-5-15(21)6-12-18;1-4-11(2,3)10(16)22-9-5-7-15(8-6-9)23(17,18)12(13,14)24(19,20)21;2*1-3-8(2)9-4-6-10(11)7-5-9/h17-19H,4-16H2,1-3H3;4-15H,1-3H3;13-16H,5-12H2,1-4H3;1-12H;9H,4-8H2,1-3H3,(H,19,20,21);2*4-8,11H,3H2,1-2H3/q;+1;;+1;;;/p-1. The summed E-state index contributed by atoms with van der Waals surface area (Å²) in [6.07, 6.45) is 26.1. The Bertz CT molecular complexity index is 5020. The van der Waals surface area contributed by atoms with E-state index in [1.54, 1.807) is 103 Å². The molecule has 0 amide bonds. The van der Waals surface area contributed by atoms with E-state index in [2.05, 4.69) is 83.1 Å². The van der Waals surface area contributed by atoms with Crippen molar-refractivity contribution in [2.24, 2.45) is 51.2 Å². The van der Waals surface area contributed by atoms with Crippen molar-refractivity contribution in [1.82, 2.24) is 4.31 Å². The fourth-order valence-corrected chi connectivity index (χ4v) is 24.7. The zero-order valence-electron chi connectivity index (χ0n) is 84.0. The molecule has 1 saturated heterocycles. The number of phenolic OH excluding ortho intramolecular Hbond substituents is 2. The van der Waals surface area contributed by atoms with E-state index in [4.69, 9.17) is 43.4 Å². The van der Waals surface area contributed by atoms with Crippen molar-refractivity contribution >= 4 is 59.8 Å². The molecule has 0 spiro atoms. The second kappa shape index (κ2) is 54.1. The molecular weight excluding hydrogens is 1840 g/mol. The van der Waals surface area contributed by atoms with Crippen LogP contribution in [-0.2, 0) is 80.0 Å². The SMILES string of the molecule is CCC(C)(C)C(=O)OC(CC12CC3CC(CC(C3)C1)C2)OC.CCC(C)(C)C(=O)OC(OCCC1CCCCC1)C1CCCCC1.CCC(C)(C)C(=O)OC1CCN(S(=O)(=O)C(F)(F)S(=O)(=O)[O-])CC1.CCC(C)c1ccc(O)cc1.CCC(C)c1ccc(O)cc1.COc1cccc([S+](c2cccc(C)c2)c2cccc(OC)c2)c1.Fc1ccc([S+](c2ccc(F)cc2)c2ccc(F)cc2)cc1. The Morgan fingerprint density at radius 1 is 0.493 bits per heavy atom. The minimum Gasteiger partial charge on any atom is -0.742 e. The lowest BCUT2D eigenvalue weighted by Crippen LogP contribution is -2.51. The van der Waals surface area contributed by atoms with E-state index >= 15 is 0 Å². The van der Waals surface area contributed by atoms with Gasteiger partial charge in [0.2, 0.25) is 12.6 Å². The molecule has 6 aliphatic carbocycles. The van der Waals surface area contributed by atoms with Crippen LogP contribution in [0.15, 0.2) is 223 Å². The number of methoxy groups -OCH3 is 3. The average Bonchev–Trinajstić information content (AvgIpc) is 0.746. The third-order valence-corrected chi connectivity index (χ3v) is 35.9. The highest BCUT2D eigenvalue weighted by Gasteiger charge is 2.56. The second-order valence-electron chi connectivity index (χ2n) is 39.6. The molecular formula is C111H151F5NO17S4+. The molecule has 4 unspecified atom stereocenters. The van der Waals surface area contributed by atoms with Crippen molar-refractivity contribution in [1.29, 1.82) is 0 Å². The molecule has 8 aromatic carbocycles. The maximum Gasteiger partial charge on any atom is 0.447 e. The van der Waals surface area contributed by atoms with Gasteiger partial charge in [0.05, 0.1) is 58.9 Å². The van der Waals surface area contributed by atoms with Gasteiger partial charge in [-0.3, -0.25) is 14.4 Å². The highest BCUT2D eigenvalue weighted by atomic mass is 32.3. The molecule has 4 bridgehead atoms. The first kappa shape index (κ1) is 115. The molecule has 6 saturated carbocycles. The van der Waals surface area contributed by atoms with E-state index in [-0.39, 0.29) is 70.0 Å². The molecule has 15 rings (SSSR count). The van der Waals surface area contributed by atoms with E-state index in [9.17, 15) is 57.7 Å². The van der Waals surface area contributed by atoms with Crippen molar-refractivity contribution in [2.45, 2.75) is 322 Å². The number of aryl methyl sites for hydroxylation is 1. The Morgan fingerprint density at radius 3 is 1.25 bits per heavy atom. The van der Waals surface area contributed by atoms with Gasteiger partial charge in [-0.05, 0) is 342 Å². The topological polar surface area (TPSA) is 251 Å². The summed E-state index contributed by atoms with van der Waals surface area (Å²) in [6, 6.07) is 58.7. The number of nitrogens with zero attached hydrogens (tertiary/aromatic N) is 1. The lowest BCUT2D eigenvalue weighted by Gasteiger charge is -2.57. The fourth-order valence-electron chi connectivity index (χ4n) is 18.1. The molecule has 760 valence electrons. The fraction of sp³-hybridized carbons (Fsp3) is 0.541. The predicted molar refractivity (Wildman–Crippen MR) is 536 cm³/mol. The Kier molecular flexibility index (Phi) is 45.0. The van der Waals surface area contributed by atoms with Gasteiger partial charge in [-0.2, -0.15) is 13.1 Å². The normalized spacial score (nSPS) is 18.9. The molecule has 0 radical (unpaired) electrons. The van der Waals surface area contributed by atoms with Crippen LogP contribution < -0.4 is 9.47 Å². The van der Waals surface area contributed by atoms with Crippen LogP contribution in [0.25, 0.3) is 0 Å². The third-order valence-electron chi connectivity index (χ3n) is 28.0. The number of hydrogen-bond donors (Lipinski definition) is 2. The number of benzene rings is 8. The smallest absolute Gasteiger partial charge is 0.447 e. The molecule has 7 aliphatic rings. The minimum absolute atomic E-state index is 0.0697. The molecule has 27 heteroatoms. The summed E-state index contributed by atoms with van der Waals surface area (Å²) in [6.45, 7) is 27.7. The number of phenols is 2. The highest BCUT2D eigenvalue weighted by molar-refractivity contribution is 8.06. The van der Waals surface area contributed by atoms with E-state index in [1.165, 1.54) is 158 Å². The van der Waals surface area contributed by atoms with E-state index in [0.29, 0.717) is 41.1 Å². The van der Waals surface area contributed by atoms with Crippen LogP contribution >= 0.6 is 0 Å². The first-order chi connectivity index (χ1) is 65.4. The van der Waals surface area contributed by atoms with Crippen LogP contribution in [0.5, 0.6) is 23.0 Å². The summed E-state index contributed by atoms with van der Waals surface area (Å²) in [4.78, 5) is 43.2. The molecule has 4 atom stereocenters. The summed E-state index contributed by atoms with van der Waals surface area (Å²) < 4.78 is 155. The quantitative estimate of drug-likeness (QED) is 0.00993. The number of sulfonamides is 1. The summed E-state index contributed by atoms with van der Waals surface area (Å²) >= 11 is 0. The van der Waals surface area contributed by atoms with Crippen molar-refractivity contribution in [3.63, 3.8) is 0 Å². The zero-order valence-corrected chi connectivity index (χ0v) is 87.3.